The summed E-state index contributed by atoms with van der Waals surface area (Å²) in [6.07, 6.45) is -3.47. The third kappa shape index (κ3) is 3.95. The van der Waals surface area contributed by atoms with E-state index >= 15 is 0 Å². The van der Waals surface area contributed by atoms with Crippen LogP contribution >= 0.6 is 0 Å². The number of nitrogens with one attached hydrogen (secondary N) is 1. The van der Waals surface area contributed by atoms with E-state index in [1.165, 1.54) is 0 Å². The first kappa shape index (κ1) is 10.8. The summed E-state index contributed by atoms with van der Waals surface area (Å²) < 4.78 is 38.1. The maximum atomic E-state index is 11.5. The predicted octanol–water partition coefficient (Wildman–Crippen LogP) is 1.91. The average molecular weight is 197 g/mol. The fourth-order valence-electron chi connectivity index (χ4n) is 1.22. The number of hydrogen-bond donors (Lipinski definition) is 1. The lowest BCUT2D eigenvalue weighted by atomic mass is 10.2. The maximum absolute atomic E-state index is 11.5. The first-order valence-electron chi connectivity index (χ1n) is 4.25. The molecule has 0 amide bonds. The van der Waals surface area contributed by atoms with Crippen molar-refractivity contribution in [3.63, 3.8) is 0 Å². The summed E-state index contributed by atoms with van der Waals surface area (Å²) in [6.45, 7) is 4.11. The standard InChI is InChI=1S/C8H14F3NO/c1-7(2)5-6(7)12-3-4-13-8(9,10)11/h6,12H,3-5H2,1-2H3. The first-order chi connectivity index (χ1) is 5.81. The van der Waals surface area contributed by atoms with Crippen LogP contribution in [0.3, 0.4) is 0 Å². The molecule has 0 aliphatic heterocycles. The van der Waals surface area contributed by atoms with E-state index in [9.17, 15) is 13.2 Å². The molecule has 0 saturated heterocycles. The molecule has 0 heterocycles. The van der Waals surface area contributed by atoms with Gasteiger partial charge >= 0.3 is 6.36 Å². The second-order valence-corrected chi connectivity index (χ2v) is 3.99. The zero-order chi connectivity index (χ0) is 10.1. The van der Waals surface area contributed by atoms with Gasteiger partial charge in [-0.15, -0.1) is 13.2 Å². The SMILES string of the molecule is CC1(C)CC1NCCOC(F)(F)F. The van der Waals surface area contributed by atoms with Crippen LogP contribution in [0.1, 0.15) is 20.3 Å². The Bertz CT molecular complexity index is 179. The van der Waals surface area contributed by atoms with E-state index in [2.05, 4.69) is 23.9 Å². The molecule has 0 spiro atoms. The Morgan fingerprint density at radius 1 is 1.46 bits per heavy atom. The number of alkyl halides is 3. The Hall–Kier alpha value is -0.290. The summed E-state index contributed by atoms with van der Waals surface area (Å²) in [5.74, 6) is 0. The predicted molar refractivity (Wildman–Crippen MR) is 42.2 cm³/mol. The smallest absolute Gasteiger partial charge is 0.311 e. The Morgan fingerprint density at radius 2 is 2.00 bits per heavy atom. The van der Waals surface area contributed by atoms with Crippen molar-refractivity contribution >= 4 is 0 Å². The van der Waals surface area contributed by atoms with Crippen molar-refractivity contribution in [2.45, 2.75) is 32.7 Å². The molecule has 1 rings (SSSR count). The molecule has 5 heteroatoms. The highest BCUT2D eigenvalue weighted by atomic mass is 19.4. The minimum Gasteiger partial charge on any atom is -0.311 e. The van der Waals surface area contributed by atoms with Gasteiger partial charge in [0.2, 0.25) is 0 Å². The Morgan fingerprint density at radius 3 is 2.38 bits per heavy atom. The highest BCUT2D eigenvalue weighted by Gasteiger charge is 2.45. The molecular weight excluding hydrogens is 183 g/mol. The molecule has 0 bridgehead atoms. The van der Waals surface area contributed by atoms with Gasteiger partial charge in [0, 0.05) is 12.6 Å². The fourth-order valence-corrected chi connectivity index (χ4v) is 1.22. The highest BCUT2D eigenvalue weighted by Crippen LogP contribution is 2.44. The Balaban J connectivity index is 1.97. The van der Waals surface area contributed by atoms with Crippen molar-refractivity contribution in [2.24, 2.45) is 5.41 Å². The molecule has 1 saturated carbocycles. The van der Waals surface area contributed by atoms with Crippen LogP contribution in [0.5, 0.6) is 0 Å². The van der Waals surface area contributed by atoms with Gasteiger partial charge in [-0.25, -0.2) is 0 Å². The van der Waals surface area contributed by atoms with Crippen LogP contribution < -0.4 is 5.32 Å². The van der Waals surface area contributed by atoms with Crippen molar-refractivity contribution in [3.05, 3.63) is 0 Å². The second kappa shape index (κ2) is 3.46. The number of rotatable bonds is 4. The zero-order valence-corrected chi connectivity index (χ0v) is 7.74. The molecule has 78 valence electrons. The van der Waals surface area contributed by atoms with Crippen molar-refractivity contribution < 1.29 is 17.9 Å². The summed E-state index contributed by atoms with van der Waals surface area (Å²) in [6, 6.07) is 0.351. The Labute approximate surface area is 75.4 Å². The molecule has 1 N–H and O–H groups in total. The van der Waals surface area contributed by atoms with E-state index in [0.29, 0.717) is 6.04 Å². The summed E-state index contributed by atoms with van der Waals surface area (Å²) >= 11 is 0. The van der Waals surface area contributed by atoms with Crippen LogP contribution in [0, 0.1) is 5.41 Å². The van der Waals surface area contributed by atoms with Gasteiger partial charge < -0.3 is 5.32 Å². The lowest BCUT2D eigenvalue weighted by molar-refractivity contribution is -0.323. The van der Waals surface area contributed by atoms with E-state index in [4.69, 9.17) is 0 Å². The normalized spacial score (nSPS) is 26.1. The van der Waals surface area contributed by atoms with E-state index in [-0.39, 0.29) is 18.6 Å². The average Bonchev–Trinajstić information content (AvgIpc) is 2.50. The van der Waals surface area contributed by atoms with Crippen molar-refractivity contribution in [3.8, 4) is 0 Å². The lowest BCUT2D eigenvalue weighted by Gasteiger charge is -2.08. The van der Waals surface area contributed by atoms with E-state index in [1.54, 1.807) is 0 Å². The van der Waals surface area contributed by atoms with E-state index in [0.717, 1.165) is 6.42 Å². The molecular formula is C8H14F3NO. The van der Waals surface area contributed by atoms with Crippen LogP contribution in [0.25, 0.3) is 0 Å². The van der Waals surface area contributed by atoms with Crippen LogP contribution in [-0.2, 0) is 4.74 Å². The largest absolute Gasteiger partial charge is 0.522 e. The molecule has 1 atom stereocenters. The zero-order valence-electron chi connectivity index (χ0n) is 7.74. The molecule has 2 nitrogen and oxygen atoms in total. The van der Waals surface area contributed by atoms with Crippen LogP contribution in [0.4, 0.5) is 13.2 Å². The van der Waals surface area contributed by atoms with Gasteiger partial charge in [0.05, 0.1) is 6.61 Å². The van der Waals surface area contributed by atoms with E-state index < -0.39 is 6.36 Å². The van der Waals surface area contributed by atoms with Gasteiger partial charge in [0.25, 0.3) is 0 Å². The number of ether oxygens (including phenoxy) is 1. The summed E-state index contributed by atoms with van der Waals surface area (Å²) in [7, 11) is 0. The van der Waals surface area contributed by atoms with Gasteiger partial charge in [-0.1, -0.05) is 13.8 Å². The molecule has 1 aliphatic rings. The molecule has 0 aromatic carbocycles. The maximum Gasteiger partial charge on any atom is 0.522 e. The molecule has 1 aliphatic carbocycles. The van der Waals surface area contributed by atoms with Gasteiger partial charge in [0.1, 0.15) is 0 Å². The minimum atomic E-state index is -4.50. The first-order valence-corrected chi connectivity index (χ1v) is 4.25. The minimum absolute atomic E-state index is 0.248. The highest BCUT2D eigenvalue weighted by molar-refractivity contribution is 5.01. The molecule has 0 radical (unpaired) electrons. The number of halogens is 3. The number of hydrogen-bond acceptors (Lipinski definition) is 2. The molecule has 0 aromatic heterocycles. The summed E-state index contributed by atoms with van der Waals surface area (Å²) in [5, 5.41) is 2.99. The van der Waals surface area contributed by atoms with Gasteiger partial charge in [0.15, 0.2) is 0 Å². The topological polar surface area (TPSA) is 21.3 Å². The molecule has 13 heavy (non-hydrogen) atoms. The van der Waals surface area contributed by atoms with Crippen LogP contribution in [0.15, 0.2) is 0 Å². The van der Waals surface area contributed by atoms with Crippen molar-refractivity contribution in [1.82, 2.24) is 5.32 Å². The third-order valence-corrected chi connectivity index (χ3v) is 2.27. The quantitative estimate of drug-likeness (QED) is 0.695. The van der Waals surface area contributed by atoms with Crippen LogP contribution in [0.2, 0.25) is 0 Å². The fraction of sp³-hybridized carbons (Fsp3) is 1.00. The molecule has 1 fully saturated rings. The van der Waals surface area contributed by atoms with E-state index in [1.807, 2.05) is 0 Å². The van der Waals surface area contributed by atoms with Gasteiger partial charge in [-0.2, -0.15) is 0 Å². The summed E-state index contributed by atoms with van der Waals surface area (Å²) in [5.41, 5.74) is 0.248. The van der Waals surface area contributed by atoms with Crippen molar-refractivity contribution in [2.75, 3.05) is 13.2 Å². The monoisotopic (exact) mass is 197 g/mol. The van der Waals surface area contributed by atoms with Crippen LogP contribution in [-0.4, -0.2) is 25.6 Å². The van der Waals surface area contributed by atoms with Crippen molar-refractivity contribution in [1.29, 1.82) is 0 Å². The van der Waals surface area contributed by atoms with Gasteiger partial charge in [-0.3, -0.25) is 4.74 Å². The Kier molecular flexibility index (Phi) is 2.87. The molecule has 1 unspecified atom stereocenters. The summed E-state index contributed by atoms with van der Waals surface area (Å²) in [4.78, 5) is 0. The van der Waals surface area contributed by atoms with Gasteiger partial charge in [-0.05, 0) is 11.8 Å². The lowest BCUT2D eigenvalue weighted by Crippen LogP contribution is -2.27. The molecule has 0 aromatic rings. The second-order valence-electron chi connectivity index (χ2n) is 3.99. The third-order valence-electron chi connectivity index (χ3n) is 2.27.